The highest BCUT2D eigenvalue weighted by molar-refractivity contribution is 5.20. The predicted octanol–water partition coefficient (Wildman–Crippen LogP) is 2.59. The Morgan fingerprint density at radius 1 is 1.30 bits per heavy atom. The van der Waals surface area contributed by atoms with Crippen LogP contribution < -0.4 is 0 Å². The van der Waals surface area contributed by atoms with E-state index in [-0.39, 0.29) is 11.7 Å². The van der Waals surface area contributed by atoms with Crippen molar-refractivity contribution in [3.05, 3.63) is 35.6 Å². The van der Waals surface area contributed by atoms with Gasteiger partial charge in [-0.1, -0.05) is 32.0 Å². The van der Waals surface area contributed by atoms with E-state index >= 15 is 0 Å². The zero-order valence-electron chi connectivity index (χ0n) is 12.8. The van der Waals surface area contributed by atoms with Crippen LogP contribution in [-0.2, 0) is 0 Å². The van der Waals surface area contributed by atoms with Gasteiger partial charge in [-0.3, -0.25) is 0 Å². The lowest BCUT2D eigenvalue weighted by atomic mass is 9.96. The molecule has 20 heavy (non-hydrogen) atoms. The van der Waals surface area contributed by atoms with Gasteiger partial charge in [0.2, 0.25) is 0 Å². The lowest BCUT2D eigenvalue weighted by molar-refractivity contribution is 0.0199. The molecule has 2 atom stereocenters. The second-order valence-electron chi connectivity index (χ2n) is 6.08. The van der Waals surface area contributed by atoms with E-state index in [1.807, 2.05) is 13.8 Å². The van der Waals surface area contributed by atoms with E-state index in [9.17, 15) is 14.6 Å². The number of aliphatic hydroxyl groups excluding tert-OH is 1. The van der Waals surface area contributed by atoms with Gasteiger partial charge in [0.15, 0.2) is 0 Å². The zero-order chi connectivity index (χ0) is 15.3. The molecule has 1 aromatic rings. The molecule has 0 aromatic heterocycles. The molecule has 0 aliphatic heterocycles. The highest BCUT2D eigenvalue weighted by atomic mass is 19.1. The first kappa shape index (κ1) is 17.1. The summed E-state index contributed by atoms with van der Waals surface area (Å²) in [6, 6.07) is 6.31. The standard InChI is InChI=1S/C16H26FNO2/c1-5-18(11-16(3,4)20)10-12(2)15(19)13-8-6-7-9-14(13)17/h6-9,12,15,19-20H,5,10-11H2,1-4H3. The number of rotatable bonds is 7. The SMILES string of the molecule is CCN(CC(C)C(O)c1ccccc1F)CC(C)(C)O. The molecule has 1 aromatic carbocycles. The van der Waals surface area contributed by atoms with Gasteiger partial charge in [0, 0.05) is 18.7 Å². The van der Waals surface area contributed by atoms with Crippen molar-refractivity contribution >= 4 is 0 Å². The number of aliphatic hydroxyl groups is 2. The largest absolute Gasteiger partial charge is 0.389 e. The van der Waals surface area contributed by atoms with Crippen LogP contribution in [0, 0.1) is 11.7 Å². The molecule has 0 radical (unpaired) electrons. The quantitative estimate of drug-likeness (QED) is 0.808. The zero-order valence-corrected chi connectivity index (χ0v) is 12.8. The van der Waals surface area contributed by atoms with Crippen LogP contribution in [0.25, 0.3) is 0 Å². The van der Waals surface area contributed by atoms with Gasteiger partial charge < -0.3 is 15.1 Å². The van der Waals surface area contributed by atoms with E-state index in [2.05, 4.69) is 4.90 Å². The Labute approximate surface area is 121 Å². The third-order valence-corrected chi connectivity index (χ3v) is 3.37. The highest BCUT2D eigenvalue weighted by Gasteiger charge is 2.24. The number of hydrogen-bond donors (Lipinski definition) is 2. The summed E-state index contributed by atoms with van der Waals surface area (Å²) in [6.07, 6.45) is -0.841. The first-order chi connectivity index (χ1) is 9.24. The van der Waals surface area contributed by atoms with Gasteiger partial charge in [-0.25, -0.2) is 4.39 Å². The number of nitrogens with zero attached hydrogens (tertiary/aromatic N) is 1. The van der Waals surface area contributed by atoms with Crippen LogP contribution in [0.15, 0.2) is 24.3 Å². The summed E-state index contributed by atoms with van der Waals surface area (Å²) in [5, 5.41) is 20.2. The van der Waals surface area contributed by atoms with Crippen molar-refractivity contribution in [1.82, 2.24) is 4.90 Å². The van der Waals surface area contributed by atoms with Crippen LogP contribution in [0.1, 0.15) is 39.4 Å². The van der Waals surface area contributed by atoms with Gasteiger partial charge in [-0.05, 0) is 32.4 Å². The third-order valence-electron chi connectivity index (χ3n) is 3.37. The molecule has 0 aliphatic carbocycles. The molecule has 0 amide bonds. The summed E-state index contributed by atoms with van der Waals surface area (Å²) in [5.41, 5.74) is -0.446. The molecule has 0 heterocycles. The molecule has 0 bridgehead atoms. The van der Waals surface area contributed by atoms with Gasteiger partial charge in [-0.15, -0.1) is 0 Å². The van der Waals surface area contributed by atoms with Gasteiger partial charge >= 0.3 is 0 Å². The van der Waals surface area contributed by atoms with Crippen LogP contribution in [0.2, 0.25) is 0 Å². The fourth-order valence-corrected chi connectivity index (χ4v) is 2.38. The topological polar surface area (TPSA) is 43.7 Å². The monoisotopic (exact) mass is 283 g/mol. The predicted molar refractivity (Wildman–Crippen MR) is 78.9 cm³/mol. The van der Waals surface area contributed by atoms with Crippen molar-refractivity contribution in [1.29, 1.82) is 0 Å². The Kier molecular flexibility index (Phi) is 6.11. The molecule has 0 saturated heterocycles. The molecule has 2 N–H and O–H groups in total. The molecule has 0 saturated carbocycles. The van der Waals surface area contributed by atoms with Crippen molar-refractivity contribution < 1.29 is 14.6 Å². The summed E-state index contributed by atoms with van der Waals surface area (Å²) in [6.45, 7) is 9.32. The van der Waals surface area contributed by atoms with Crippen LogP contribution in [0.4, 0.5) is 4.39 Å². The lowest BCUT2D eigenvalue weighted by Gasteiger charge is -2.31. The number of benzene rings is 1. The Morgan fingerprint density at radius 2 is 1.90 bits per heavy atom. The minimum absolute atomic E-state index is 0.116. The van der Waals surface area contributed by atoms with Crippen LogP contribution in [0.3, 0.4) is 0 Å². The summed E-state index contributed by atoms with van der Waals surface area (Å²) >= 11 is 0. The first-order valence-corrected chi connectivity index (χ1v) is 7.12. The molecule has 4 heteroatoms. The second kappa shape index (κ2) is 7.16. The Morgan fingerprint density at radius 3 is 2.40 bits per heavy atom. The van der Waals surface area contributed by atoms with E-state index in [0.29, 0.717) is 18.7 Å². The summed E-state index contributed by atoms with van der Waals surface area (Å²) < 4.78 is 13.7. The number of halogens is 1. The lowest BCUT2D eigenvalue weighted by Crippen LogP contribution is -2.41. The van der Waals surface area contributed by atoms with Crippen molar-refractivity contribution in [3.8, 4) is 0 Å². The van der Waals surface area contributed by atoms with Crippen LogP contribution in [-0.4, -0.2) is 40.3 Å². The maximum Gasteiger partial charge on any atom is 0.129 e. The average Bonchev–Trinajstić information content (AvgIpc) is 2.36. The molecule has 1 rings (SSSR count). The van der Waals surface area contributed by atoms with Crippen molar-refractivity contribution in [2.75, 3.05) is 19.6 Å². The highest BCUT2D eigenvalue weighted by Crippen LogP contribution is 2.25. The van der Waals surface area contributed by atoms with Crippen molar-refractivity contribution in [3.63, 3.8) is 0 Å². The van der Waals surface area contributed by atoms with Gasteiger partial charge in [0.25, 0.3) is 0 Å². The minimum Gasteiger partial charge on any atom is -0.389 e. The number of likely N-dealkylation sites (N-methyl/N-ethyl adjacent to an activating group) is 1. The van der Waals surface area contributed by atoms with E-state index in [4.69, 9.17) is 0 Å². The fraction of sp³-hybridized carbons (Fsp3) is 0.625. The summed E-state index contributed by atoms with van der Waals surface area (Å²) in [4.78, 5) is 2.06. The molecule has 114 valence electrons. The van der Waals surface area contributed by atoms with E-state index in [1.54, 1.807) is 32.0 Å². The summed E-state index contributed by atoms with van der Waals surface area (Å²) in [7, 11) is 0. The maximum atomic E-state index is 13.7. The number of hydrogen-bond acceptors (Lipinski definition) is 3. The fourth-order valence-electron chi connectivity index (χ4n) is 2.38. The Bertz CT molecular complexity index is 417. The average molecular weight is 283 g/mol. The summed E-state index contributed by atoms with van der Waals surface area (Å²) in [5.74, 6) is -0.494. The second-order valence-corrected chi connectivity index (χ2v) is 6.08. The smallest absolute Gasteiger partial charge is 0.129 e. The molecular weight excluding hydrogens is 257 g/mol. The Balaban J connectivity index is 2.69. The van der Waals surface area contributed by atoms with Crippen LogP contribution in [0.5, 0.6) is 0 Å². The normalized spacial score (nSPS) is 15.4. The first-order valence-electron chi connectivity index (χ1n) is 7.12. The molecule has 0 fully saturated rings. The molecule has 0 spiro atoms. The molecule has 2 unspecified atom stereocenters. The van der Waals surface area contributed by atoms with E-state index < -0.39 is 11.7 Å². The third kappa shape index (κ3) is 5.19. The van der Waals surface area contributed by atoms with E-state index in [0.717, 1.165) is 6.54 Å². The minimum atomic E-state index is -0.841. The van der Waals surface area contributed by atoms with Crippen molar-refractivity contribution in [2.24, 2.45) is 5.92 Å². The van der Waals surface area contributed by atoms with Gasteiger partial charge in [0.05, 0.1) is 11.7 Å². The van der Waals surface area contributed by atoms with Gasteiger partial charge in [-0.2, -0.15) is 0 Å². The van der Waals surface area contributed by atoms with E-state index in [1.165, 1.54) is 6.07 Å². The van der Waals surface area contributed by atoms with Crippen LogP contribution >= 0.6 is 0 Å². The Hall–Kier alpha value is -0.970. The molecular formula is C16H26FNO2. The maximum absolute atomic E-state index is 13.7. The molecule has 0 aliphatic rings. The molecule has 3 nitrogen and oxygen atoms in total. The van der Waals surface area contributed by atoms with Gasteiger partial charge in [0.1, 0.15) is 5.82 Å². The van der Waals surface area contributed by atoms with Crippen molar-refractivity contribution in [2.45, 2.75) is 39.4 Å².